The third kappa shape index (κ3) is 1.40. The van der Waals surface area contributed by atoms with Crippen LogP contribution in [0.1, 0.15) is 45.4 Å². The number of ether oxygens (including phenoxy) is 1. The summed E-state index contributed by atoms with van der Waals surface area (Å²) in [4.78, 5) is 12.4. The SMILES string of the molecule is C=C1CCC[C@]2(C)CCC3[C@H](OC(=O)[C@@]34CCN=N4)[C@@H]12. The standard InChI is InChI=1S/C16H22N2O2/c1-10-4-3-6-15(2)7-5-11-13(12(10)15)20-14(19)16(11)8-9-17-18-16/h11-13H,1,3-9H2,2H3/t11?,12-,13+,15-,16-/m1/s1. The van der Waals surface area contributed by atoms with Crippen LogP contribution in [0.3, 0.4) is 0 Å². The molecular weight excluding hydrogens is 252 g/mol. The van der Waals surface area contributed by atoms with Crippen LogP contribution in [0.15, 0.2) is 22.4 Å². The highest BCUT2D eigenvalue weighted by Gasteiger charge is 2.65. The molecule has 1 saturated heterocycles. The summed E-state index contributed by atoms with van der Waals surface area (Å²) in [7, 11) is 0. The number of azo groups is 1. The Balaban J connectivity index is 1.74. The number of rotatable bonds is 0. The van der Waals surface area contributed by atoms with Crippen LogP contribution >= 0.6 is 0 Å². The Hall–Kier alpha value is -1.19. The highest BCUT2D eigenvalue weighted by molar-refractivity contribution is 5.84. The minimum atomic E-state index is -0.649. The zero-order valence-corrected chi connectivity index (χ0v) is 12.1. The number of hydrogen-bond acceptors (Lipinski definition) is 4. The molecule has 20 heavy (non-hydrogen) atoms. The second-order valence-corrected chi connectivity index (χ2v) is 7.30. The van der Waals surface area contributed by atoms with Gasteiger partial charge in [-0.25, -0.2) is 4.79 Å². The fourth-order valence-electron chi connectivity index (χ4n) is 5.20. The summed E-state index contributed by atoms with van der Waals surface area (Å²) in [6.45, 7) is 7.32. The number of hydrogen-bond donors (Lipinski definition) is 0. The zero-order valence-electron chi connectivity index (χ0n) is 12.1. The van der Waals surface area contributed by atoms with Gasteiger partial charge in [-0.3, -0.25) is 0 Å². The van der Waals surface area contributed by atoms with Crippen molar-refractivity contribution in [1.82, 2.24) is 0 Å². The van der Waals surface area contributed by atoms with E-state index in [1.54, 1.807) is 0 Å². The number of carbonyl (C=O) groups excluding carboxylic acids is 1. The van der Waals surface area contributed by atoms with Crippen molar-refractivity contribution in [2.45, 2.75) is 57.1 Å². The molecule has 1 spiro atoms. The summed E-state index contributed by atoms with van der Waals surface area (Å²) in [5.74, 6) is 0.416. The van der Waals surface area contributed by atoms with Gasteiger partial charge < -0.3 is 4.74 Å². The van der Waals surface area contributed by atoms with Gasteiger partial charge in [-0.05, 0) is 37.5 Å². The van der Waals surface area contributed by atoms with E-state index in [1.807, 2.05) is 0 Å². The van der Waals surface area contributed by atoms with Gasteiger partial charge in [0.15, 0.2) is 5.54 Å². The molecule has 4 rings (SSSR count). The molecule has 0 amide bonds. The summed E-state index contributed by atoms with van der Waals surface area (Å²) in [6.07, 6.45) is 6.46. The predicted octanol–water partition coefficient (Wildman–Crippen LogP) is 3.28. The van der Waals surface area contributed by atoms with E-state index in [4.69, 9.17) is 4.74 Å². The second-order valence-electron chi connectivity index (χ2n) is 7.30. The lowest BCUT2D eigenvalue weighted by atomic mass is 9.54. The van der Waals surface area contributed by atoms with Gasteiger partial charge in [0.25, 0.3) is 0 Å². The lowest BCUT2D eigenvalue weighted by Crippen LogP contribution is -2.50. The molecular formula is C16H22N2O2. The van der Waals surface area contributed by atoms with Crippen molar-refractivity contribution in [2.75, 3.05) is 6.54 Å². The molecule has 3 fully saturated rings. The van der Waals surface area contributed by atoms with Crippen LogP contribution in [-0.4, -0.2) is 24.2 Å². The van der Waals surface area contributed by atoms with Crippen molar-refractivity contribution in [3.05, 3.63) is 12.2 Å². The van der Waals surface area contributed by atoms with Gasteiger partial charge in [0.05, 0.1) is 6.54 Å². The van der Waals surface area contributed by atoms with E-state index in [0.717, 1.165) is 25.7 Å². The minimum Gasteiger partial charge on any atom is -0.459 e. The third-order valence-electron chi connectivity index (χ3n) is 6.24. The van der Waals surface area contributed by atoms with Crippen molar-refractivity contribution in [3.8, 4) is 0 Å². The molecule has 2 aliphatic heterocycles. The Morgan fingerprint density at radius 3 is 2.95 bits per heavy atom. The molecule has 0 bridgehead atoms. The second kappa shape index (κ2) is 3.92. The predicted molar refractivity (Wildman–Crippen MR) is 74.3 cm³/mol. The smallest absolute Gasteiger partial charge is 0.336 e. The Kier molecular flexibility index (Phi) is 2.46. The molecule has 2 heterocycles. The third-order valence-corrected chi connectivity index (χ3v) is 6.24. The molecule has 0 radical (unpaired) electrons. The van der Waals surface area contributed by atoms with Crippen molar-refractivity contribution >= 4 is 5.97 Å². The van der Waals surface area contributed by atoms with E-state index in [9.17, 15) is 4.79 Å². The van der Waals surface area contributed by atoms with Crippen LogP contribution in [0.2, 0.25) is 0 Å². The number of esters is 1. The molecule has 4 nitrogen and oxygen atoms in total. The normalized spacial score (nSPS) is 50.1. The maximum atomic E-state index is 12.4. The average molecular weight is 274 g/mol. The van der Waals surface area contributed by atoms with E-state index in [-0.39, 0.29) is 23.4 Å². The summed E-state index contributed by atoms with van der Waals surface area (Å²) >= 11 is 0. The highest BCUT2D eigenvalue weighted by atomic mass is 16.6. The Labute approximate surface area is 119 Å². The lowest BCUT2D eigenvalue weighted by Gasteiger charge is -2.51. The molecule has 0 aromatic carbocycles. The summed E-state index contributed by atoms with van der Waals surface area (Å²) in [5, 5.41) is 8.44. The van der Waals surface area contributed by atoms with E-state index >= 15 is 0 Å². The maximum absolute atomic E-state index is 12.4. The Morgan fingerprint density at radius 2 is 2.20 bits per heavy atom. The maximum Gasteiger partial charge on any atom is 0.336 e. The fourth-order valence-corrected chi connectivity index (χ4v) is 5.20. The highest BCUT2D eigenvalue weighted by Crippen LogP contribution is 2.59. The molecule has 2 saturated carbocycles. The first kappa shape index (κ1) is 12.5. The van der Waals surface area contributed by atoms with Crippen LogP contribution in [0.25, 0.3) is 0 Å². The van der Waals surface area contributed by atoms with Crippen LogP contribution in [0, 0.1) is 17.3 Å². The van der Waals surface area contributed by atoms with Crippen molar-refractivity contribution < 1.29 is 9.53 Å². The fraction of sp³-hybridized carbons (Fsp3) is 0.812. The number of fused-ring (bicyclic) bond motifs is 4. The lowest BCUT2D eigenvalue weighted by molar-refractivity contribution is -0.148. The number of nitrogens with zero attached hydrogens (tertiary/aromatic N) is 2. The van der Waals surface area contributed by atoms with Crippen molar-refractivity contribution in [1.29, 1.82) is 0 Å². The summed E-state index contributed by atoms with van der Waals surface area (Å²) in [5.41, 5.74) is 0.898. The van der Waals surface area contributed by atoms with Gasteiger partial charge in [0.1, 0.15) is 6.10 Å². The van der Waals surface area contributed by atoms with Gasteiger partial charge in [-0.15, -0.1) is 0 Å². The Morgan fingerprint density at radius 1 is 1.35 bits per heavy atom. The van der Waals surface area contributed by atoms with Crippen LogP contribution < -0.4 is 0 Å². The van der Waals surface area contributed by atoms with E-state index in [0.29, 0.717) is 12.5 Å². The first-order valence-corrected chi connectivity index (χ1v) is 7.84. The average Bonchev–Trinajstić information content (AvgIpc) is 2.97. The molecule has 0 N–H and O–H groups in total. The molecule has 0 aromatic rings. The summed E-state index contributed by atoms with van der Waals surface area (Å²) < 4.78 is 5.85. The first-order chi connectivity index (χ1) is 9.57. The van der Waals surface area contributed by atoms with Crippen molar-refractivity contribution in [2.24, 2.45) is 27.5 Å². The largest absolute Gasteiger partial charge is 0.459 e. The first-order valence-electron chi connectivity index (χ1n) is 7.84. The molecule has 4 heteroatoms. The monoisotopic (exact) mass is 274 g/mol. The van der Waals surface area contributed by atoms with E-state index in [1.165, 1.54) is 18.4 Å². The molecule has 4 aliphatic rings. The molecule has 5 atom stereocenters. The van der Waals surface area contributed by atoms with Gasteiger partial charge in [0, 0.05) is 18.3 Å². The van der Waals surface area contributed by atoms with Crippen LogP contribution in [0.5, 0.6) is 0 Å². The molecule has 108 valence electrons. The molecule has 2 aliphatic carbocycles. The van der Waals surface area contributed by atoms with Crippen LogP contribution in [0.4, 0.5) is 0 Å². The molecule has 1 unspecified atom stereocenters. The van der Waals surface area contributed by atoms with Gasteiger partial charge in [0.2, 0.25) is 0 Å². The van der Waals surface area contributed by atoms with E-state index in [2.05, 4.69) is 23.7 Å². The quantitative estimate of drug-likeness (QED) is 0.503. The topological polar surface area (TPSA) is 51.0 Å². The Bertz CT molecular complexity index is 515. The molecule has 0 aromatic heterocycles. The van der Waals surface area contributed by atoms with Gasteiger partial charge in [-0.1, -0.05) is 19.1 Å². The number of carbonyl (C=O) groups is 1. The summed E-state index contributed by atoms with van der Waals surface area (Å²) in [6, 6.07) is 0. The minimum absolute atomic E-state index is 0.00824. The van der Waals surface area contributed by atoms with Gasteiger partial charge in [-0.2, -0.15) is 10.2 Å². The van der Waals surface area contributed by atoms with Crippen LogP contribution in [-0.2, 0) is 9.53 Å². The van der Waals surface area contributed by atoms with Gasteiger partial charge >= 0.3 is 5.97 Å². The zero-order chi connectivity index (χ0) is 14.0. The van der Waals surface area contributed by atoms with E-state index < -0.39 is 5.54 Å². The van der Waals surface area contributed by atoms with Crippen molar-refractivity contribution in [3.63, 3.8) is 0 Å².